The van der Waals surface area contributed by atoms with Crippen LogP contribution in [0.25, 0.3) is 11.0 Å². The number of phenols is 1. The normalized spacial score (nSPS) is 11.9. The molecule has 1 atom stereocenters. The van der Waals surface area contributed by atoms with Gasteiger partial charge in [0.15, 0.2) is 6.04 Å². The first-order chi connectivity index (χ1) is 13.8. The van der Waals surface area contributed by atoms with E-state index in [2.05, 4.69) is 5.32 Å². The molecule has 0 fully saturated rings. The molecule has 150 valence electrons. The molecule has 3 rings (SSSR count). The molecule has 8 heteroatoms. The van der Waals surface area contributed by atoms with Crippen molar-refractivity contribution in [3.63, 3.8) is 0 Å². The number of halogens is 1. The van der Waals surface area contributed by atoms with Crippen LogP contribution in [0.3, 0.4) is 0 Å². The van der Waals surface area contributed by atoms with E-state index < -0.39 is 23.5 Å². The number of carboxylic acid groups (broad SMARTS) is 1. The Morgan fingerprint density at radius 3 is 2.55 bits per heavy atom. The lowest BCUT2D eigenvalue weighted by atomic mass is 10.0. The quantitative estimate of drug-likeness (QED) is 0.531. The molecule has 2 aromatic carbocycles. The largest absolute Gasteiger partial charge is 0.506 e. The predicted octanol–water partition coefficient (Wildman–Crippen LogP) is 3.34. The molecule has 29 heavy (non-hydrogen) atoms. The second-order valence-corrected chi connectivity index (χ2v) is 6.95. The van der Waals surface area contributed by atoms with Crippen LogP contribution in [0.5, 0.6) is 5.75 Å². The fraction of sp³-hybridized carbons (Fsp3) is 0.190. The highest BCUT2D eigenvalue weighted by molar-refractivity contribution is 6.32. The van der Waals surface area contributed by atoms with Gasteiger partial charge in [0.05, 0.1) is 5.02 Å². The summed E-state index contributed by atoms with van der Waals surface area (Å²) in [6.45, 7) is 1.70. The predicted molar refractivity (Wildman–Crippen MR) is 107 cm³/mol. The fourth-order valence-electron chi connectivity index (χ4n) is 3.09. The summed E-state index contributed by atoms with van der Waals surface area (Å²) in [5.41, 5.74) is 0.897. The first-order valence-corrected chi connectivity index (χ1v) is 9.17. The minimum atomic E-state index is -1.18. The third-order valence-corrected chi connectivity index (χ3v) is 4.94. The van der Waals surface area contributed by atoms with Gasteiger partial charge in [-0.2, -0.15) is 0 Å². The standard InChI is InChI=1S/C21H18ClNO6/c1-11-13(21(28)29-17-10-16(24)15(22)9-14(11)17)7-8-18(25)23-19(20(26)27)12-5-3-2-4-6-12/h2-6,9-10,19,24H,7-8H2,1H3,(H,23,25)(H,26,27). The molecule has 0 aliphatic rings. The summed E-state index contributed by atoms with van der Waals surface area (Å²) >= 11 is 5.93. The molecule has 0 saturated heterocycles. The van der Waals surface area contributed by atoms with Crippen LogP contribution in [0, 0.1) is 6.92 Å². The number of fused-ring (bicyclic) bond motifs is 1. The van der Waals surface area contributed by atoms with Crippen LogP contribution < -0.4 is 10.9 Å². The van der Waals surface area contributed by atoms with Gasteiger partial charge in [0, 0.05) is 23.4 Å². The highest BCUT2D eigenvalue weighted by Gasteiger charge is 2.22. The number of nitrogens with one attached hydrogen (secondary N) is 1. The van der Waals surface area contributed by atoms with E-state index >= 15 is 0 Å². The van der Waals surface area contributed by atoms with E-state index in [1.807, 2.05) is 0 Å². The van der Waals surface area contributed by atoms with Crippen molar-refractivity contribution in [2.75, 3.05) is 0 Å². The number of benzene rings is 2. The lowest BCUT2D eigenvalue weighted by Gasteiger charge is -2.15. The number of amides is 1. The number of carbonyl (C=O) groups excluding carboxylic acids is 1. The zero-order chi connectivity index (χ0) is 21.1. The zero-order valence-corrected chi connectivity index (χ0v) is 16.2. The van der Waals surface area contributed by atoms with E-state index in [0.717, 1.165) is 0 Å². The number of carbonyl (C=O) groups is 2. The van der Waals surface area contributed by atoms with Gasteiger partial charge in [-0.15, -0.1) is 0 Å². The topological polar surface area (TPSA) is 117 Å². The molecule has 1 amide bonds. The molecule has 3 aromatic rings. The Labute approximate surface area is 170 Å². The molecule has 0 bridgehead atoms. The summed E-state index contributed by atoms with van der Waals surface area (Å²) in [4.78, 5) is 36.1. The first kappa shape index (κ1) is 20.4. The molecule has 7 nitrogen and oxygen atoms in total. The van der Waals surface area contributed by atoms with Crippen molar-refractivity contribution >= 4 is 34.4 Å². The van der Waals surface area contributed by atoms with Crippen LogP contribution in [0.1, 0.15) is 29.2 Å². The van der Waals surface area contributed by atoms with Gasteiger partial charge in [0.25, 0.3) is 0 Å². The average molecular weight is 416 g/mol. The summed E-state index contributed by atoms with van der Waals surface area (Å²) in [5.74, 6) is -1.89. The van der Waals surface area contributed by atoms with Crippen LogP contribution >= 0.6 is 11.6 Å². The van der Waals surface area contributed by atoms with Crippen LogP contribution in [-0.2, 0) is 16.0 Å². The maximum atomic E-state index is 12.3. The van der Waals surface area contributed by atoms with Gasteiger partial charge in [-0.1, -0.05) is 41.9 Å². The molecule has 0 spiro atoms. The molecular weight excluding hydrogens is 398 g/mol. The lowest BCUT2D eigenvalue weighted by Crippen LogP contribution is -2.34. The molecule has 0 aliphatic heterocycles. The van der Waals surface area contributed by atoms with Gasteiger partial charge in [-0.05, 0) is 30.5 Å². The Morgan fingerprint density at radius 1 is 1.21 bits per heavy atom. The van der Waals surface area contributed by atoms with Crippen molar-refractivity contribution in [3.8, 4) is 5.75 Å². The number of aliphatic carboxylic acids is 1. The van der Waals surface area contributed by atoms with Crippen molar-refractivity contribution in [2.45, 2.75) is 25.8 Å². The van der Waals surface area contributed by atoms with Crippen LogP contribution in [0.4, 0.5) is 0 Å². The highest BCUT2D eigenvalue weighted by Crippen LogP contribution is 2.31. The molecular formula is C21H18ClNO6. The molecule has 0 saturated carbocycles. The minimum Gasteiger partial charge on any atom is -0.506 e. The molecule has 1 unspecified atom stereocenters. The van der Waals surface area contributed by atoms with E-state index in [4.69, 9.17) is 16.0 Å². The van der Waals surface area contributed by atoms with Crippen LogP contribution in [0.2, 0.25) is 5.02 Å². The average Bonchev–Trinajstić information content (AvgIpc) is 2.68. The Morgan fingerprint density at radius 2 is 1.90 bits per heavy atom. The number of carboxylic acids is 1. The van der Waals surface area contributed by atoms with Gasteiger partial charge >= 0.3 is 11.6 Å². The van der Waals surface area contributed by atoms with Crippen LogP contribution in [0.15, 0.2) is 51.7 Å². The first-order valence-electron chi connectivity index (χ1n) is 8.80. The monoisotopic (exact) mass is 415 g/mol. The molecule has 0 radical (unpaired) electrons. The van der Waals surface area contributed by atoms with E-state index in [0.29, 0.717) is 22.1 Å². The SMILES string of the molecule is Cc1c(CCC(=O)NC(C(=O)O)c2ccccc2)c(=O)oc2cc(O)c(Cl)cc12. The molecule has 3 N–H and O–H groups in total. The lowest BCUT2D eigenvalue weighted by molar-refractivity contribution is -0.142. The van der Waals surface area contributed by atoms with Crippen molar-refractivity contribution in [1.29, 1.82) is 0 Å². The number of hydrogen-bond donors (Lipinski definition) is 3. The van der Waals surface area contributed by atoms with Gasteiger partial charge in [0.1, 0.15) is 11.3 Å². The maximum Gasteiger partial charge on any atom is 0.339 e. The minimum absolute atomic E-state index is 0.0650. The van der Waals surface area contributed by atoms with Crippen molar-refractivity contribution in [2.24, 2.45) is 0 Å². The fourth-order valence-corrected chi connectivity index (χ4v) is 3.26. The highest BCUT2D eigenvalue weighted by atomic mass is 35.5. The Hall–Kier alpha value is -3.32. The summed E-state index contributed by atoms with van der Waals surface area (Å²) < 4.78 is 5.23. The van der Waals surface area contributed by atoms with Crippen molar-refractivity contribution in [1.82, 2.24) is 5.32 Å². The molecule has 1 heterocycles. The molecule has 0 aliphatic carbocycles. The number of rotatable bonds is 6. The number of hydrogen-bond acceptors (Lipinski definition) is 5. The number of aryl methyl sites for hydroxylation is 1. The summed E-state index contributed by atoms with van der Waals surface area (Å²) in [5, 5.41) is 22.2. The van der Waals surface area contributed by atoms with E-state index in [1.165, 1.54) is 12.1 Å². The van der Waals surface area contributed by atoms with Gasteiger partial charge < -0.3 is 19.9 Å². The van der Waals surface area contributed by atoms with Crippen molar-refractivity contribution < 1.29 is 24.2 Å². The van der Waals surface area contributed by atoms with Gasteiger partial charge in [-0.3, -0.25) is 4.79 Å². The van der Waals surface area contributed by atoms with E-state index in [1.54, 1.807) is 37.3 Å². The van der Waals surface area contributed by atoms with Crippen LogP contribution in [-0.4, -0.2) is 22.1 Å². The zero-order valence-electron chi connectivity index (χ0n) is 15.4. The maximum absolute atomic E-state index is 12.3. The van der Waals surface area contributed by atoms with E-state index in [-0.39, 0.29) is 29.2 Å². The number of aromatic hydroxyl groups is 1. The third-order valence-electron chi connectivity index (χ3n) is 4.64. The summed E-state index contributed by atoms with van der Waals surface area (Å²) in [7, 11) is 0. The Bertz CT molecular complexity index is 1140. The van der Waals surface area contributed by atoms with Gasteiger partial charge in [-0.25, -0.2) is 9.59 Å². The second kappa shape index (κ2) is 8.36. The van der Waals surface area contributed by atoms with E-state index in [9.17, 15) is 24.6 Å². The number of phenolic OH excluding ortho intramolecular Hbond substituents is 1. The summed E-state index contributed by atoms with van der Waals surface area (Å²) in [6.07, 6.45) is -0.0326. The van der Waals surface area contributed by atoms with Gasteiger partial charge in [0.2, 0.25) is 5.91 Å². The smallest absolute Gasteiger partial charge is 0.339 e. The Balaban J connectivity index is 1.79. The second-order valence-electron chi connectivity index (χ2n) is 6.54. The van der Waals surface area contributed by atoms with Crippen molar-refractivity contribution in [3.05, 3.63) is 74.6 Å². The third kappa shape index (κ3) is 4.41. The molecule has 1 aromatic heterocycles. The summed E-state index contributed by atoms with van der Waals surface area (Å²) in [6, 6.07) is 9.91. The Kier molecular flexibility index (Phi) is 5.89.